The zero-order chi connectivity index (χ0) is 20.6. The number of H-pyrrole nitrogens is 1. The molecule has 1 fully saturated rings. The van der Waals surface area contributed by atoms with Gasteiger partial charge in [0.2, 0.25) is 5.91 Å². The van der Waals surface area contributed by atoms with Gasteiger partial charge in [0.05, 0.1) is 17.0 Å². The van der Waals surface area contributed by atoms with E-state index < -0.39 is 23.4 Å². The molecule has 0 saturated carbocycles. The number of pyridine rings is 1. The number of nitrogens with zero attached hydrogens (tertiary/aromatic N) is 2. The van der Waals surface area contributed by atoms with Gasteiger partial charge in [-0.25, -0.2) is 9.78 Å². The molecule has 1 aliphatic rings. The van der Waals surface area contributed by atoms with Crippen LogP contribution in [0.5, 0.6) is 0 Å². The van der Waals surface area contributed by atoms with Crippen molar-refractivity contribution >= 4 is 28.5 Å². The second kappa shape index (κ2) is 7.26. The molecule has 4 rings (SSSR count). The van der Waals surface area contributed by atoms with E-state index in [2.05, 4.69) is 15.3 Å². The Bertz CT molecular complexity index is 1110. The summed E-state index contributed by atoms with van der Waals surface area (Å²) in [7, 11) is 0. The molecule has 2 aromatic heterocycles. The summed E-state index contributed by atoms with van der Waals surface area (Å²) < 4.78 is 44.8. The molecule has 0 unspecified atom stereocenters. The second-order valence-corrected chi connectivity index (χ2v) is 6.87. The summed E-state index contributed by atoms with van der Waals surface area (Å²) >= 11 is 0. The number of nitrogens with one attached hydrogen (secondary N) is 2. The lowest BCUT2D eigenvalue weighted by molar-refractivity contribution is -0.137. The number of hydrogen-bond donors (Lipinski definition) is 2. The lowest BCUT2D eigenvalue weighted by Gasteiger charge is -2.34. The van der Waals surface area contributed by atoms with Crippen molar-refractivity contribution in [2.24, 2.45) is 5.92 Å². The van der Waals surface area contributed by atoms with Crippen molar-refractivity contribution in [1.82, 2.24) is 9.97 Å². The van der Waals surface area contributed by atoms with E-state index in [0.717, 1.165) is 6.07 Å². The van der Waals surface area contributed by atoms with E-state index in [1.165, 1.54) is 17.2 Å². The number of oxazole rings is 1. The van der Waals surface area contributed by atoms with Crippen LogP contribution in [-0.2, 0) is 11.0 Å². The largest absolute Gasteiger partial charge is 0.419 e. The molecular formula is C19H17F3N4O3. The minimum atomic E-state index is -4.52. The fourth-order valence-electron chi connectivity index (χ4n) is 3.53. The van der Waals surface area contributed by atoms with Crippen LogP contribution in [0.3, 0.4) is 0 Å². The standard InChI is InChI=1S/C19H17F3N4O3/c20-19(21,22)13-4-1-7-23-16(13)26-8-2-3-11(10-26)17(27)24-12-5-6-15-14(9-12)25-18(28)29-15/h1,4-7,9,11H,2-3,8,10H2,(H,24,27)(H,25,28)/t11-/m1/s1. The Morgan fingerprint density at radius 1 is 1.31 bits per heavy atom. The van der Waals surface area contributed by atoms with Gasteiger partial charge in [0.1, 0.15) is 5.82 Å². The average molecular weight is 406 g/mol. The number of alkyl halides is 3. The molecule has 0 radical (unpaired) electrons. The first-order chi connectivity index (χ1) is 13.8. The summed E-state index contributed by atoms with van der Waals surface area (Å²) in [4.78, 5) is 31.9. The summed E-state index contributed by atoms with van der Waals surface area (Å²) in [5, 5.41) is 2.76. The Labute approximate surface area is 162 Å². The number of anilines is 2. The highest BCUT2D eigenvalue weighted by atomic mass is 19.4. The normalized spacial score (nSPS) is 17.5. The fraction of sp³-hybridized carbons (Fsp3) is 0.316. The number of halogens is 3. The molecule has 7 nitrogen and oxygen atoms in total. The Kier molecular flexibility index (Phi) is 4.77. The van der Waals surface area contributed by atoms with Crippen LogP contribution in [0.15, 0.2) is 45.7 Å². The van der Waals surface area contributed by atoms with Gasteiger partial charge in [-0.1, -0.05) is 0 Å². The van der Waals surface area contributed by atoms with Crippen molar-refractivity contribution in [2.75, 3.05) is 23.3 Å². The van der Waals surface area contributed by atoms with E-state index in [0.29, 0.717) is 36.2 Å². The number of carbonyl (C=O) groups is 1. The molecule has 1 amide bonds. The Morgan fingerprint density at radius 2 is 2.14 bits per heavy atom. The zero-order valence-electron chi connectivity index (χ0n) is 15.1. The molecule has 3 aromatic rings. The van der Waals surface area contributed by atoms with Crippen LogP contribution >= 0.6 is 0 Å². The number of aromatic nitrogens is 2. The smallest absolute Gasteiger partial charge is 0.408 e. The van der Waals surface area contributed by atoms with Gasteiger partial charge in [-0.15, -0.1) is 0 Å². The molecular weight excluding hydrogens is 389 g/mol. The molecule has 1 atom stereocenters. The van der Waals surface area contributed by atoms with Crippen LogP contribution in [0.1, 0.15) is 18.4 Å². The summed E-state index contributed by atoms with van der Waals surface area (Å²) in [6.45, 7) is 0.531. The Morgan fingerprint density at radius 3 is 2.93 bits per heavy atom. The van der Waals surface area contributed by atoms with Crippen LogP contribution in [-0.4, -0.2) is 29.0 Å². The SMILES string of the molecule is O=C(Nc1ccc2oc(=O)[nH]c2c1)[C@@H]1CCCN(c2ncccc2C(F)(F)F)C1. The maximum Gasteiger partial charge on any atom is 0.419 e. The van der Waals surface area contributed by atoms with Crippen LogP contribution in [0, 0.1) is 5.92 Å². The molecule has 0 spiro atoms. The van der Waals surface area contributed by atoms with Crippen LogP contribution < -0.4 is 16.0 Å². The average Bonchev–Trinajstić information content (AvgIpc) is 3.06. The summed E-state index contributed by atoms with van der Waals surface area (Å²) in [5.41, 5.74) is 0.467. The number of aromatic amines is 1. The predicted molar refractivity (Wildman–Crippen MR) is 99.6 cm³/mol. The first-order valence-electron chi connectivity index (χ1n) is 9.02. The maximum absolute atomic E-state index is 13.3. The molecule has 3 heterocycles. The lowest BCUT2D eigenvalue weighted by atomic mass is 9.96. The summed E-state index contributed by atoms with van der Waals surface area (Å²) in [6, 6.07) is 6.96. The second-order valence-electron chi connectivity index (χ2n) is 6.87. The molecule has 152 valence electrons. The number of benzene rings is 1. The quantitative estimate of drug-likeness (QED) is 0.696. The third-order valence-corrected chi connectivity index (χ3v) is 4.87. The van der Waals surface area contributed by atoms with E-state index >= 15 is 0 Å². The van der Waals surface area contributed by atoms with Crippen molar-refractivity contribution in [3.8, 4) is 0 Å². The Hall–Kier alpha value is -3.30. The maximum atomic E-state index is 13.3. The molecule has 2 N–H and O–H groups in total. The molecule has 1 aromatic carbocycles. The number of rotatable bonds is 3. The molecule has 10 heteroatoms. The molecule has 1 aliphatic heterocycles. The number of fused-ring (bicyclic) bond motifs is 1. The van der Waals surface area contributed by atoms with Crippen LogP contribution in [0.2, 0.25) is 0 Å². The van der Waals surface area contributed by atoms with E-state index in [1.807, 2.05) is 0 Å². The van der Waals surface area contributed by atoms with E-state index in [1.54, 1.807) is 18.2 Å². The molecule has 29 heavy (non-hydrogen) atoms. The highest BCUT2D eigenvalue weighted by molar-refractivity contribution is 5.94. The van der Waals surface area contributed by atoms with Crippen molar-refractivity contribution in [3.63, 3.8) is 0 Å². The van der Waals surface area contributed by atoms with Crippen LogP contribution in [0.25, 0.3) is 11.1 Å². The van der Waals surface area contributed by atoms with Crippen molar-refractivity contribution in [3.05, 3.63) is 52.6 Å². The van der Waals surface area contributed by atoms with Gasteiger partial charge in [0.15, 0.2) is 5.58 Å². The van der Waals surface area contributed by atoms with E-state index in [9.17, 15) is 22.8 Å². The van der Waals surface area contributed by atoms with E-state index in [-0.39, 0.29) is 18.3 Å². The number of hydrogen-bond acceptors (Lipinski definition) is 5. The first-order valence-corrected chi connectivity index (χ1v) is 9.02. The minimum Gasteiger partial charge on any atom is -0.408 e. The van der Waals surface area contributed by atoms with Gasteiger partial charge in [-0.2, -0.15) is 13.2 Å². The third kappa shape index (κ3) is 3.96. The van der Waals surface area contributed by atoms with Crippen LogP contribution in [0.4, 0.5) is 24.7 Å². The summed E-state index contributed by atoms with van der Waals surface area (Å²) in [6.07, 6.45) is -2.08. The minimum absolute atomic E-state index is 0.136. The van der Waals surface area contributed by atoms with Gasteiger partial charge in [0, 0.05) is 25.0 Å². The predicted octanol–water partition coefficient (Wildman–Crippen LogP) is 3.39. The topological polar surface area (TPSA) is 91.2 Å². The van der Waals surface area contributed by atoms with Gasteiger partial charge in [-0.3, -0.25) is 9.78 Å². The van der Waals surface area contributed by atoms with Crippen molar-refractivity contribution in [2.45, 2.75) is 19.0 Å². The van der Waals surface area contributed by atoms with Gasteiger partial charge in [0.25, 0.3) is 0 Å². The lowest BCUT2D eigenvalue weighted by Crippen LogP contribution is -2.42. The number of carbonyl (C=O) groups excluding carboxylic acids is 1. The Balaban J connectivity index is 1.51. The molecule has 1 saturated heterocycles. The van der Waals surface area contributed by atoms with Crippen molar-refractivity contribution < 1.29 is 22.4 Å². The number of amides is 1. The first kappa shape index (κ1) is 19.0. The van der Waals surface area contributed by atoms with Gasteiger partial charge >= 0.3 is 11.9 Å². The van der Waals surface area contributed by atoms with E-state index in [4.69, 9.17) is 4.42 Å². The zero-order valence-corrected chi connectivity index (χ0v) is 15.1. The van der Waals surface area contributed by atoms with Gasteiger partial charge in [-0.05, 0) is 43.2 Å². The highest BCUT2D eigenvalue weighted by Gasteiger charge is 2.37. The highest BCUT2D eigenvalue weighted by Crippen LogP contribution is 2.36. The fourth-order valence-corrected chi connectivity index (χ4v) is 3.53. The monoisotopic (exact) mass is 406 g/mol. The molecule has 0 aliphatic carbocycles. The van der Waals surface area contributed by atoms with Crippen molar-refractivity contribution in [1.29, 1.82) is 0 Å². The molecule has 0 bridgehead atoms. The number of piperidine rings is 1. The summed E-state index contributed by atoms with van der Waals surface area (Å²) in [5.74, 6) is -1.55. The third-order valence-electron chi connectivity index (χ3n) is 4.87. The van der Waals surface area contributed by atoms with Gasteiger partial charge < -0.3 is 14.6 Å².